The Morgan fingerprint density at radius 3 is 2.68 bits per heavy atom. The van der Waals surface area contributed by atoms with Gasteiger partial charge in [0.15, 0.2) is 0 Å². The number of hydrogen-bond donors (Lipinski definition) is 1. The summed E-state index contributed by atoms with van der Waals surface area (Å²) in [5.41, 5.74) is -0.241. The number of thiocarbonyl (C=S) groups is 1. The second-order valence-corrected chi connectivity index (χ2v) is 7.96. The number of pyridine rings is 1. The van der Waals surface area contributed by atoms with Crippen molar-refractivity contribution in [1.29, 1.82) is 0 Å². The SMILES string of the molecule is O=C(O)CN1C(=O)/C(=C/c2c(Oc3ccc(F)cc3)nc3ccccn3c2=O)SC1=S. The number of thioether (sulfide) groups is 1. The molecule has 8 nitrogen and oxygen atoms in total. The number of ether oxygens (including phenoxy) is 1. The summed E-state index contributed by atoms with van der Waals surface area (Å²) in [4.78, 5) is 42.1. The van der Waals surface area contributed by atoms with Gasteiger partial charge in [0.1, 0.15) is 33.6 Å². The second kappa shape index (κ2) is 8.28. The van der Waals surface area contributed by atoms with E-state index in [4.69, 9.17) is 22.1 Å². The molecule has 3 aromatic rings. The van der Waals surface area contributed by atoms with Crippen molar-refractivity contribution in [2.24, 2.45) is 0 Å². The number of carbonyl (C=O) groups is 2. The van der Waals surface area contributed by atoms with Crippen molar-refractivity contribution in [1.82, 2.24) is 14.3 Å². The molecule has 1 saturated heterocycles. The first-order chi connectivity index (χ1) is 14.8. The van der Waals surface area contributed by atoms with E-state index in [2.05, 4.69) is 4.98 Å². The molecule has 0 bridgehead atoms. The van der Waals surface area contributed by atoms with E-state index in [9.17, 15) is 18.8 Å². The molecule has 0 spiro atoms. The number of rotatable bonds is 5. The third-order valence-electron chi connectivity index (χ3n) is 4.20. The molecule has 0 aliphatic carbocycles. The number of fused-ring (bicyclic) bond motifs is 1. The first kappa shape index (κ1) is 20.7. The lowest BCUT2D eigenvalue weighted by atomic mass is 10.2. The fourth-order valence-electron chi connectivity index (χ4n) is 2.80. The summed E-state index contributed by atoms with van der Waals surface area (Å²) in [6, 6.07) is 10.1. The molecule has 0 unspecified atom stereocenters. The molecular weight excluding hydrogens is 445 g/mol. The van der Waals surface area contributed by atoms with Gasteiger partial charge in [0.2, 0.25) is 5.88 Å². The molecule has 4 rings (SSSR count). The molecule has 0 atom stereocenters. The molecule has 1 aromatic carbocycles. The predicted octanol–water partition coefficient (Wildman–Crippen LogP) is 2.91. The van der Waals surface area contributed by atoms with E-state index in [-0.39, 0.29) is 26.4 Å². The van der Waals surface area contributed by atoms with Gasteiger partial charge in [0, 0.05) is 6.20 Å². The number of benzene rings is 1. The zero-order valence-corrected chi connectivity index (χ0v) is 17.2. The maximum Gasteiger partial charge on any atom is 0.323 e. The molecule has 1 N–H and O–H groups in total. The van der Waals surface area contributed by atoms with Gasteiger partial charge in [-0.2, -0.15) is 4.98 Å². The molecule has 2 aromatic heterocycles. The maximum absolute atomic E-state index is 13.2. The van der Waals surface area contributed by atoms with E-state index < -0.39 is 29.8 Å². The van der Waals surface area contributed by atoms with E-state index >= 15 is 0 Å². The van der Waals surface area contributed by atoms with E-state index in [0.717, 1.165) is 16.7 Å². The summed E-state index contributed by atoms with van der Waals surface area (Å²) < 4.78 is 20.3. The van der Waals surface area contributed by atoms with Crippen molar-refractivity contribution in [3.63, 3.8) is 0 Å². The third kappa shape index (κ3) is 4.18. The number of hydrogen-bond acceptors (Lipinski definition) is 7. The molecular formula is C20H12FN3O5S2. The fourth-order valence-corrected chi connectivity index (χ4v) is 4.04. The van der Waals surface area contributed by atoms with Crippen LogP contribution in [0.25, 0.3) is 11.7 Å². The van der Waals surface area contributed by atoms with Gasteiger partial charge < -0.3 is 9.84 Å². The van der Waals surface area contributed by atoms with Crippen LogP contribution in [0.3, 0.4) is 0 Å². The smallest absolute Gasteiger partial charge is 0.323 e. The topological polar surface area (TPSA) is 101 Å². The molecule has 156 valence electrons. The Bertz CT molecular complexity index is 1320. The summed E-state index contributed by atoms with van der Waals surface area (Å²) in [5, 5.41) is 8.98. The van der Waals surface area contributed by atoms with Gasteiger partial charge in [-0.3, -0.25) is 23.7 Å². The van der Waals surface area contributed by atoms with E-state index in [1.165, 1.54) is 40.9 Å². The largest absolute Gasteiger partial charge is 0.480 e. The predicted molar refractivity (Wildman–Crippen MR) is 115 cm³/mol. The van der Waals surface area contributed by atoms with Crippen LogP contribution in [-0.2, 0) is 9.59 Å². The highest BCUT2D eigenvalue weighted by molar-refractivity contribution is 8.26. The number of aromatic nitrogens is 2. The van der Waals surface area contributed by atoms with Crippen LogP contribution in [0.5, 0.6) is 11.6 Å². The first-order valence-electron chi connectivity index (χ1n) is 8.75. The van der Waals surface area contributed by atoms with Gasteiger partial charge in [-0.1, -0.05) is 30.0 Å². The van der Waals surface area contributed by atoms with Gasteiger partial charge in [-0.15, -0.1) is 0 Å². The lowest BCUT2D eigenvalue weighted by molar-refractivity contribution is -0.140. The molecule has 3 heterocycles. The van der Waals surface area contributed by atoms with Crippen LogP contribution in [0.1, 0.15) is 5.56 Å². The van der Waals surface area contributed by atoms with Crippen LogP contribution < -0.4 is 10.3 Å². The number of carbonyl (C=O) groups excluding carboxylic acids is 1. The average molecular weight is 457 g/mol. The van der Waals surface area contributed by atoms with Crippen LogP contribution >= 0.6 is 24.0 Å². The van der Waals surface area contributed by atoms with Crippen LogP contribution in [0.2, 0.25) is 0 Å². The van der Waals surface area contributed by atoms with E-state index in [1.807, 2.05) is 0 Å². The van der Waals surface area contributed by atoms with Crippen LogP contribution in [0.4, 0.5) is 4.39 Å². The van der Waals surface area contributed by atoms with Crippen LogP contribution in [0, 0.1) is 5.82 Å². The molecule has 1 fully saturated rings. The summed E-state index contributed by atoms with van der Waals surface area (Å²) in [6.45, 7) is -0.587. The highest BCUT2D eigenvalue weighted by Crippen LogP contribution is 2.33. The monoisotopic (exact) mass is 457 g/mol. The third-order valence-corrected chi connectivity index (χ3v) is 5.58. The Morgan fingerprint density at radius 2 is 1.97 bits per heavy atom. The number of halogens is 1. The Kier molecular flexibility index (Phi) is 5.53. The van der Waals surface area contributed by atoms with Gasteiger partial charge in [0.25, 0.3) is 11.5 Å². The highest BCUT2D eigenvalue weighted by Gasteiger charge is 2.34. The lowest BCUT2D eigenvalue weighted by Gasteiger charge is -2.11. The van der Waals surface area contributed by atoms with Crippen LogP contribution in [0.15, 0.2) is 58.4 Å². The second-order valence-electron chi connectivity index (χ2n) is 6.28. The number of amides is 1. The van der Waals surface area contributed by atoms with Crippen molar-refractivity contribution in [3.8, 4) is 11.6 Å². The molecule has 0 saturated carbocycles. The standard InChI is InChI=1S/C20H12FN3O5S2/c21-11-4-6-12(7-5-11)29-17-13(18(27)23-8-2-1-3-15(23)22-17)9-14-19(28)24(10-16(25)26)20(30)31-14/h1-9H,10H2,(H,25,26)/b14-9-. The van der Waals surface area contributed by atoms with Gasteiger partial charge >= 0.3 is 5.97 Å². The van der Waals surface area contributed by atoms with Crippen molar-refractivity contribution < 1.29 is 23.8 Å². The van der Waals surface area contributed by atoms with Gasteiger partial charge in [-0.25, -0.2) is 4.39 Å². The summed E-state index contributed by atoms with van der Waals surface area (Å²) in [6.07, 6.45) is 2.79. The van der Waals surface area contributed by atoms with E-state index in [0.29, 0.717) is 5.65 Å². The molecule has 1 aliphatic heterocycles. The Hall–Kier alpha value is -3.57. The van der Waals surface area contributed by atoms with Crippen LogP contribution in [-0.4, -0.2) is 42.1 Å². The first-order valence-corrected chi connectivity index (χ1v) is 9.98. The summed E-state index contributed by atoms with van der Waals surface area (Å²) in [5.74, 6) is -2.16. The molecule has 1 amide bonds. The Balaban J connectivity index is 1.83. The minimum atomic E-state index is -1.22. The van der Waals surface area contributed by atoms with Gasteiger partial charge in [0.05, 0.1) is 4.91 Å². The minimum Gasteiger partial charge on any atom is -0.480 e. The number of carboxylic acids is 1. The Morgan fingerprint density at radius 1 is 1.23 bits per heavy atom. The fraction of sp³-hybridized carbons (Fsp3) is 0.0500. The molecule has 31 heavy (non-hydrogen) atoms. The van der Waals surface area contributed by atoms with Gasteiger partial charge in [-0.05, 0) is 42.5 Å². The number of nitrogens with zero attached hydrogens (tertiary/aromatic N) is 3. The average Bonchev–Trinajstić information content (AvgIpc) is 2.99. The van der Waals surface area contributed by atoms with Crippen molar-refractivity contribution in [2.45, 2.75) is 0 Å². The zero-order chi connectivity index (χ0) is 22.1. The minimum absolute atomic E-state index is 0.0381. The quantitative estimate of drug-likeness (QED) is 0.461. The number of aliphatic carboxylic acids is 1. The highest BCUT2D eigenvalue weighted by atomic mass is 32.2. The lowest BCUT2D eigenvalue weighted by Crippen LogP contribution is -2.33. The van der Waals surface area contributed by atoms with Crippen molar-refractivity contribution in [2.75, 3.05) is 6.54 Å². The normalized spacial score (nSPS) is 15.1. The molecule has 11 heteroatoms. The number of carboxylic acid groups (broad SMARTS) is 1. The summed E-state index contributed by atoms with van der Waals surface area (Å²) >= 11 is 5.96. The van der Waals surface area contributed by atoms with Crippen molar-refractivity contribution >= 4 is 51.9 Å². The van der Waals surface area contributed by atoms with Crippen molar-refractivity contribution in [3.05, 3.63) is 75.3 Å². The molecule has 1 aliphatic rings. The maximum atomic E-state index is 13.2. The Labute approximate surface area is 183 Å². The summed E-state index contributed by atoms with van der Waals surface area (Å²) in [7, 11) is 0. The zero-order valence-electron chi connectivity index (χ0n) is 15.5. The van der Waals surface area contributed by atoms with E-state index in [1.54, 1.807) is 18.2 Å². The molecule has 0 radical (unpaired) electrons.